The average molecular weight is 170 g/mol. The van der Waals surface area contributed by atoms with Crippen molar-refractivity contribution < 1.29 is 11.2 Å². The topological polar surface area (TPSA) is 34.1 Å². The van der Waals surface area contributed by atoms with Gasteiger partial charge < -0.3 is 0 Å². The maximum atomic E-state index is 11.7. The molecule has 0 N–H and O–H groups in total. The molecule has 0 radical (unpaired) electrons. The van der Waals surface area contributed by atoms with Gasteiger partial charge in [-0.25, -0.2) is 8.42 Å². The van der Waals surface area contributed by atoms with Crippen LogP contribution in [0.3, 0.4) is 0 Å². The number of rotatable bonds is 0. The summed E-state index contributed by atoms with van der Waals surface area (Å²) in [5.41, 5.74) is 0. The van der Waals surface area contributed by atoms with E-state index < -0.39 is 20.3 Å². The first kappa shape index (κ1) is 4.93. The number of fused-ring (bicyclic) bond motifs is 2. The highest BCUT2D eigenvalue weighted by Crippen LogP contribution is 2.24. The molecule has 2 aliphatic heterocycles. The Labute approximate surface area is 68.6 Å². The van der Waals surface area contributed by atoms with Gasteiger partial charge in [0.25, 0.3) is 0 Å². The minimum atomic E-state index is -3.82. The SMILES string of the molecule is [2H]C12C=CC=CC([2H])(C=C1)S2(=O)=O. The van der Waals surface area contributed by atoms with Gasteiger partial charge in [0.1, 0.15) is 0 Å². The Morgan fingerprint density at radius 1 is 1.00 bits per heavy atom. The van der Waals surface area contributed by atoms with Gasteiger partial charge in [-0.2, -0.15) is 0 Å². The predicted molar refractivity (Wildman–Crippen MR) is 43.9 cm³/mol. The summed E-state index contributed by atoms with van der Waals surface area (Å²) >= 11 is 0. The van der Waals surface area contributed by atoms with Gasteiger partial charge in [0, 0.05) is 0 Å². The van der Waals surface area contributed by atoms with Crippen LogP contribution in [0.1, 0.15) is 2.74 Å². The summed E-state index contributed by atoms with van der Waals surface area (Å²) in [5.74, 6) is 0. The van der Waals surface area contributed by atoms with Crippen molar-refractivity contribution in [3.63, 3.8) is 0 Å². The highest BCUT2D eigenvalue weighted by molar-refractivity contribution is 7.93. The Bertz CT molecular complexity index is 401. The van der Waals surface area contributed by atoms with Crippen LogP contribution in [0.2, 0.25) is 0 Å². The van der Waals surface area contributed by atoms with Gasteiger partial charge in [-0.05, 0) is 0 Å². The van der Waals surface area contributed by atoms with Crippen LogP contribution < -0.4 is 0 Å². The summed E-state index contributed by atoms with van der Waals surface area (Å²) in [6, 6.07) is 0. The molecule has 2 rings (SSSR count). The van der Waals surface area contributed by atoms with Gasteiger partial charge in [0.2, 0.25) is 0 Å². The van der Waals surface area contributed by atoms with Crippen LogP contribution in [0.25, 0.3) is 0 Å². The zero-order chi connectivity index (χ0) is 9.74. The van der Waals surface area contributed by atoms with E-state index in [1.54, 1.807) is 0 Å². The minimum Gasteiger partial charge on any atom is -0.227 e. The van der Waals surface area contributed by atoms with E-state index in [9.17, 15) is 8.42 Å². The smallest absolute Gasteiger partial charge is 0.170 e. The van der Waals surface area contributed by atoms with Crippen LogP contribution in [0.5, 0.6) is 0 Å². The summed E-state index contributed by atoms with van der Waals surface area (Å²) < 4.78 is 38.7. The van der Waals surface area contributed by atoms with Crippen LogP contribution in [0.4, 0.5) is 0 Å². The van der Waals surface area contributed by atoms with Gasteiger partial charge in [-0.15, -0.1) is 0 Å². The van der Waals surface area contributed by atoms with Crippen LogP contribution in [-0.2, 0) is 9.84 Å². The van der Waals surface area contributed by atoms with Crippen molar-refractivity contribution >= 4 is 9.84 Å². The Morgan fingerprint density at radius 3 is 1.91 bits per heavy atom. The number of allylic oxidation sites excluding steroid dienone is 2. The van der Waals surface area contributed by atoms with Crippen molar-refractivity contribution in [2.45, 2.75) is 10.5 Å². The molecular weight excluding hydrogens is 160 g/mol. The Balaban J connectivity index is 2.79. The first-order valence-electron chi connectivity index (χ1n) is 4.23. The lowest BCUT2D eigenvalue weighted by Crippen LogP contribution is -2.19. The quantitative estimate of drug-likeness (QED) is 0.505. The first-order chi connectivity index (χ1) is 5.91. The van der Waals surface area contributed by atoms with Crippen molar-refractivity contribution in [2.75, 3.05) is 0 Å². The molecule has 11 heavy (non-hydrogen) atoms. The molecule has 2 aliphatic rings. The molecule has 0 saturated heterocycles. The van der Waals surface area contributed by atoms with E-state index in [1.807, 2.05) is 0 Å². The standard InChI is InChI=1S/C8H8O2S/c9-11(10)7-3-1-2-4-8(11)6-5-7/h1-8H/i7D,8D. The zero-order valence-corrected chi connectivity index (χ0v) is 6.51. The van der Waals surface area contributed by atoms with E-state index in [1.165, 1.54) is 36.5 Å². The molecule has 0 aromatic rings. The Morgan fingerprint density at radius 2 is 1.45 bits per heavy atom. The lowest BCUT2D eigenvalue weighted by molar-refractivity contribution is 0.595. The summed E-state index contributed by atoms with van der Waals surface area (Å²) in [5, 5.41) is -3.50. The maximum Gasteiger partial charge on any atom is 0.170 e. The zero-order valence-electron chi connectivity index (χ0n) is 7.69. The molecule has 0 aromatic heterocycles. The van der Waals surface area contributed by atoms with Gasteiger partial charge in [0.15, 0.2) is 9.84 Å². The van der Waals surface area contributed by atoms with Crippen molar-refractivity contribution in [1.82, 2.24) is 0 Å². The predicted octanol–water partition coefficient (Wildman–Crippen LogP) is 0.834. The fourth-order valence-corrected chi connectivity index (χ4v) is 2.35. The second-order valence-electron chi connectivity index (χ2n) is 2.36. The van der Waals surface area contributed by atoms with Crippen molar-refractivity contribution in [2.24, 2.45) is 0 Å². The second kappa shape index (κ2) is 2.08. The number of hydrogen-bond donors (Lipinski definition) is 0. The highest BCUT2D eigenvalue weighted by Gasteiger charge is 2.33. The molecule has 2 nitrogen and oxygen atoms in total. The van der Waals surface area contributed by atoms with Gasteiger partial charge in [0.05, 0.1) is 13.2 Å². The van der Waals surface area contributed by atoms with Crippen LogP contribution in [0, 0.1) is 0 Å². The molecule has 0 aromatic carbocycles. The lowest BCUT2D eigenvalue weighted by Gasteiger charge is -2.04. The Kier molecular flexibility index (Phi) is 0.931. The number of sulfone groups is 1. The molecule has 0 fully saturated rings. The molecule has 58 valence electrons. The van der Waals surface area contributed by atoms with Gasteiger partial charge in [-0.3, -0.25) is 0 Å². The summed E-state index contributed by atoms with van der Waals surface area (Å²) in [6.07, 6.45) is 8.02. The number of hydrogen-bond acceptors (Lipinski definition) is 2. The van der Waals surface area contributed by atoms with Crippen molar-refractivity contribution in [1.29, 1.82) is 0 Å². The monoisotopic (exact) mass is 170 g/mol. The molecule has 2 atom stereocenters. The van der Waals surface area contributed by atoms with Gasteiger partial charge in [-0.1, -0.05) is 36.5 Å². The molecule has 0 aliphatic carbocycles. The molecule has 2 unspecified atom stereocenters. The average Bonchev–Trinajstić information content (AvgIpc) is 2.15. The summed E-state index contributed by atoms with van der Waals surface area (Å²) in [7, 11) is -3.82. The lowest BCUT2D eigenvalue weighted by atomic mass is 10.2. The van der Waals surface area contributed by atoms with E-state index in [-0.39, 0.29) is 0 Å². The Hall–Kier alpha value is -0.830. The van der Waals surface area contributed by atoms with Gasteiger partial charge >= 0.3 is 0 Å². The maximum absolute atomic E-state index is 11.7. The molecule has 0 saturated carbocycles. The highest BCUT2D eigenvalue weighted by atomic mass is 32.2. The molecule has 0 spiro atoms. The molecule has 2 heterocycles. The summed E-state index contributed by atoms with van der Waals surface area (Å²) in [4.78, 5) is 0. The fraction of sp³-hybridized carbons (Fsp3) is 0.250. The van der Waals surface area contributed by atoms with E-state index in [2.05, 4.69) is 0 Å². The van der Waals surface area contributed by atoms with Crippen molar-refractivity contribution in [3.05, 3.63) is 36.5 Å². The molecular formula is C8H8O2S. The van der Waals surface area contributed by atoms with Crippen LogP contribution >= 0.6 is 0 Å². The summed E-state index contributed by atoms with van der Waals surface area (Å²) in [6.45, 7) is 0. The molecule has 2 bridgehead atoms. The van der Waals surface area contributed by atoms with Crippen molar-refractivity contribution in [3.8, 4) is 0 Å². The van der Waals surface area contributed by atoms with E-state index >= 15 is 0 Å². The normalized spacial score (nSPS) is 53.5. The van der Waals surface area contributed by atoms with Crippen LogP contribution in [-0.4, -0.2) is 18.9 Å². The molecule has 3 heteroatoms. The largest absolute Gasteiger partial charge is 0.227 e. The minimum absolute atomic E-state index is 1.25. The van der Waals surface area contributed by atoms with E-state index in [0.29, 0.717) is 0 Å². The second-order valence-corrected chi connectivity index (χ2v) is 4.31. The third-order valence-corrected chi connectivity index (χ3v) is 3.45. The molecule has 0 amide bonds. The third-order valence-electron chi connectivity index (χ3n) is 1.66. The van der Waals surface area contributed by atoms with Crippen LogP contribution in [0.15, 0.2) is 36.5 Å². The van der Waals surface area contributed by atoms with E-state index in [4.69, 9.17) is 2.74 Å². The fourth-order valence-electron chi connectivity index (χ4n) is 1.07. The van der Waals surface area contributed by atoms with E-state index in [0.717, 1.165) is 0 Å². The third kappa shape index (κ3) is 0.878. The first-order valence-corrected chi connectivity index (χ1v) is 4.71.